The van der Waals surface area contributed by atoms with Gasteiger partial charge >= 0.3 is 0 Å². The van der Waals surface area contributed by atoms with Crippen LogP contribution >= 0.6 is 11.3 Å². The Bertz CT molecular complexity index is 1070. The largest absolute Gasteiger partial charge is 0.419 e. The van der Waals surface area contributed by atoms with E-state index >= 15 is 0 Å². The third-order valence-corrected chi connectivity index (χ3v) is 6.39. The number of rotatable bonds is 7. The molecule has 29 heavy (non-hydrogen) atoms. The van der Waals surface area contributed by atoms with Crippen molar-refractivity contribution in [3.05, 3.63) is 93.7 Å². The molecule has 2 heterocycles. The van der Waals surface area contributed by atoms with Gasteiger partial charge in [0.1, 0.15) is 0 Å². The number of benzene rings is 2. The van der Waals surface area contributed by atoms with Crippen molar-refractivity contribution in [1.82, 2.24) is 15.5 Å². The summed E-state index contributed by atoms with van der Waals surface area (Å²) in [6.07, 6.45) is 1.02. The topological polar surface area (TPSA) is 51.0 Å². The van der Waals surface area contributed by atoms with Crippen LogP contribution < -0.4 is 5.32 Å². The highest BCUT2D eigenvalue weighted by Crippen LogP contribution is 2.31. The van der Waals surface area contributed by atoms with Crippen LogP contribution in [0.4, 0.5) is 0 Å². The number of aryl methyl sites for hydroxylation is 3. The molecule has 0 aliphatic rings. The van der Waals surface area contributed by atoms with E-state index < -0.39 is 0 Å². The zero-order chi connectivity index (χ0) is 20.2. The van der Waals surface area contributed by atoms with Crippen LogP contribution in [-0.2, 0) is 13.0 Å². The molecule has 0 saturated carbocycles. The molecule has 5 heteroatoms. The van der Waals surface area contributed by atoms with Crippen LogP contribution in [0.5, 0.6) is 0 Å². The Balaban J connectivity index is 1.53. The molecule has 4 aromatic rings. The molecule has 1 N–H and O–H groups in total. The fourth-order valence-electron chi connectivity index (χ4n) is 3.42. The minimum absolute atomic E-state index is 0.0582. The summed E-state index contributed by atoms with van der Waals surface area (Å²) >= 11 is 1.73. The Kier molecular flexibility index (Phi) is 5.88. The second kappa shape index (κ2) is 8.72. The van der Waals surface area contributed by atoms with Gasteiger partial charge in [-0.05, 0) is 43.0 Å². The maximum atomic E-state index is 5.95. The lowest BCUT2D eigenvalue weighted by molar-refractivity contribution is 0.462. The molecule has 2 aromatic carbocycles. The highest BCUT2D eigenvalue weighted by Gasteiger charge is 2.17. The smallest absolute Gasteiger partial charge is 0.257 e. The molecule has 0 fully saturated rings. The lowest BCUT2D eigenvalue weighted by Crippen LogP contribution is -2.22. The van der Waals surface area contributed by atoms with Crippen molar-refractivity contribution >= 4 is 11.3 Å². The number of hydrogen-bond donors (Lipinski definition) is 1. The fraction of sp³-hybridized carbons (Fsp3) is 0.250. The van der Waals surface area contributed by atoms with E-state index in [0.29, 0.717) is 18.3 Å². The van der Waals surface area contributed by atoms with Gasteiger partial charge in [-0.2, -0.15) is 0 Å². The molecule has 0 bridgehead atoms. The molecule has 0 aliphatic carbocycles. The number of nitrogens with zero attached hydrogens (tertiary/aromatic N) is 2. The standard InChI is InChI=1S/C24H25N3OS/c1-4-20-17(3)14-21(29-20)24-27-26-22(28-24)15-25-23(18-8-6-5-7-9-18)19-12-10-16(2)11-13-19/h5-14,23,25H,4,15H2,1-3H3/t23-/m0/s1. The van der Waals surface area contributed by atoms with Gasteiger partial charge in [0.15, 0.2) is 0 Å². The third kappa shape index (κ3) is 4.47. The highest BCUT2D eigenvalue weighted by molar-refractivity contribution is 7.15. The van der Waals surface area contributed by atoms with E-state index in [4.69, 9.17) is 4.42 Å². The molecule has 2 aromatic heterocycles. The van der Waals surface area contributed by atoms with Crippen LogP contribution in [0.3, 0.4) is 0 Å². The predicted molar refractivity (Wildman–Crippen MR) is 118 cm³/mol. The number of nitrogens with one attached hydrogen (secondary N) is 1. The van der Waals surface area contributed by atoms with E-state index in [1.807, 2.05) is 6.07 Å². The summed E-state index contributed by atoms with van der Waals surface area (Å²) < 4.78 is 5.95. The average Bonchev–Trinajstić information content (AvgIpc) is 3.36. The van der Waals surface area contributed by atoms with Crippen LogP contribution in [0.1, 0.15) is 46.0 Å². The van der Waals surface area contributed by atoms with Crippen LogP contribution in [0.2, 0.25) is 0 Å². The van der Waals surface area contributed by atoms with Crippen molar-refractivity contribution in [1.29, 1.82) is 0 Å². The van der Waals surface area contributed by atoms with E-state index in [1.165, 1.54) is 27.1 Å². The summed E-state index contributed by atoms with van der Waals surface area (Å²) in [4.78, 5) is 2.40. The van der Waals surface area contributed by atoms with Gasteiger partial charge in [-0.1, -0.05) is 67.1 Å². The lowest BCUT2D eigenvalue weighted by Gasteiger charge is -2.19. The molecule has 148 valence electrons. The first-order valence-electron chi connectivity index (χ1n) is 9.91. The summed E-state index contributed by atoms with van der Waals surface area (Å²) in [6, 6.07) is 21.2. The lowest BCUT2D eigenvalue weighted by atomic mass is 9.98. The average molecular weight is 404 g/mol. The third-order valence-electron chi connectivity index (χ3n) is 5.02. The first-order valence-corrected chi connectivity index (χ1v) is 10.7. The number of hydrogen-bond acceptors (Lipinski definition) is 5. The highest BCUT2D eigenvalue weighted by atomic mass is 32.1. The van der Waals surface area contributed by atoms with Gasteiger partial charge in [0, 0.05) is 4.88 Å². The molecule has 0 aliphatic heterocycles. The van der Waals surface area contributed by atoms with Crippen molar-refractivity contribution in [2.75, 3.05) is 0 Å². The van der Waals surface area contributed by atoms with Crippen molar-refractivity contribution < 1.29 is 4.42 Å². The summed E-state index contributed by atoms with van der Waals surface area (Å²) in [5.41, 5.74) is 4.95. The maximum Gasteiger partial charge on any atom is 0.257 e. The van der Waals surface area contributed by atoms with Gasteiger partial charge in [-0.15, -0.1) is 21.5 Å². The Hall–Kier alpha value is -2.76. The van der Waals surface area contributed by atoms with E-state index in [1.54, 1.807) is 11.3 Å². The second-order valence-electron chi connectivity index (χ2n) is 7.21. The first-order chi connectivity index (χ1) is 14.1. The molecule has 4 rings (SSSR count). The Labute approximate surface area is 175 Å². The maximum absolute atomic E-state index is 5.95. The monoisotopic (exact) mass is 403 g/mol. The molecule has 0 radical (unpaired) electrons. The summed E-state index contributed by atoms with van der Waals surface area (Å²) in [6.45, 7) is 6.90. The van der Waals surface area contributed by atoms with Crippen molar-refractivity contribution in [3.63, 3.8) is 0 Å². The molecule has 0 amide bonds. The van der Waals surface area contributed by atoms with E-state index in [9.17, 15) is 0 Å². The van der Waals surface area contributed by atoms with Gasteiger partial charge < -0.3 is 4.42 Å². The number of thiophene rings is 1. The summed E-state index contributed by atoms with van der Waals surface area (Å²) in [5.74, 6) is 1.19. The zero-order valence-corrected chi connectivity index (χ0v) is 17.8. The zero-order valence-electron chi connectivity index (χ0n) is 17.0. The van der Waals surface area contributed by atoms with Crippen LogP contribution in [-0.4, -0.2) is 10.2 Å². The first kappa shape index (κ1) is 19.6. The molecule has 4 nitrogen and oxygen atoms in total. The molecule has 0 unspecified atom stereocenters. The van der Waals surface area contributed by atoms with Gasteiger partial charge in [0.25, 0.3) is 5.89 Å². The van der Waals surface area contributed by atoms with Crippen molar-refractivity contribution in [2.24, 2.45) is 0 Å². The van der Waals surface area contributed by atoms with E-state index in [0.717, 1.165) is 11.3 Å². The predicted octanol–water partition coefficient (Wildman–Crippen LogP) is 5.86. The van der Waals surface area contributed by atoms with Gasteiger partial charge in [0.2, 0.25) is 5.89 Å². The Morgan fingerprint density at radius 3 is 2.38 bits per heavy atom. The van der Waals surface area contributed by atoms with Crippen LogP contribution in [0.15, 0.2) is 65.1 Å². The molecular weight excluding hydrogens is 378 g/mol. The minimum Gasteiger partial charge on any atom is -0.419 e. The minimum atomic E-state index is 0.0582. The Morgan fingerprint density at radius 2 is 1.69 bits per heavy atom. The van der Waals surface area contributed by atoms with Gasteiger partial charge in [-0.25, -0.2) is 0 Å². The SMILES string of the molecule is CCc1sc(-c2nnc(CN[C@@H](c3ccccc3)c3ccc(C)cc3)o2)cc1C. The summed E-state index contributed by atoms with van der Waals surface area (Å²) in [7, 11) is 0. The summed E-state index contributed by atoms with van der Waals surface area (Å²) in [5, 5.41) is 12.1. The van der Waals surface area contributed by atoms with Gasteiger partial charge in [-0.3, -0.25) is 5.32 Å². The van der Waals surface area contributed by atoms with Crippen molar-refractivity contribution in [2.45, 2.75) is 39.8 Å². The van der Waals surface area contributed by atoms with Crippen LogP contribution in [0.25, 0.3) is 10.8 Å². The number of aromatic nitrogens is 2. The molecule has 0 saturated heterocycles. The van der Waals surface area contributed by atoms with E-state index in [2.05, 4.69) is 90.9 Å². The van der Waals surface area contributed by atoms with Gasteiger partial charge in [0.05, 0.1) is 17.5 Å². The fourth-order valence-corrected chi connectivity index (χ4v) is 4.46. The van der Waals surface area contributed by atoms with Crippen LogP contribution in [0, 0.1) is 13.8 Å². The quantitative estimate of drug-likeness (QED) is 0.420. The van der Waals surface area contributed by atoms with E-state index in [-0.39, 0.29) is 6.04 Å². The Morgan fingerprint density at radius 1 is 0.966 bits per heavy atom. The molecular formula is C24H25N3OS. The normalized spacial score (nSPS) is 12.2. The van der Waals surface area contributed by atoms with Crippen molar-refractivity contribution in [3.8, 4) is 10.8 Å². The molecule has 1 atom stereocenters. The molecule has 0 spiro atoms. The second-order valence-corrected chi connectivity index (χ2v) is 8.34.